The number of carbonyl (C=O) groups excluding carboxylic acids is 2. The SMILES string of the molecule is COC(=O)C[C@H]1CC[C@H](c2ccc(-c3ccc(C=O)cn3)cc2)CC1. The average Bonchev–Trinajstić information content (AvgIpc) is 2.69. The van der Waals surface area contributed by atoms with E-state index in [-0.39, 0.29) is 5.97 Å². The van der Waals surface area contributed by atoms with Gasteiger partial charge >= 0.3 is 5.97 Å². The van der Waals surface area contributed by atoms with Gasteiger partial charge in [-0.1, -0.05) is 24.3 Å². The molecule has 0 radical (unpaired) electrons. The summed E-state index contributed by atoms with van der Waals surface area (Å²) >= 11 is 0. The molecule has 1 aliphatic rings. The molecule has 1 aliphatic carbocycles. The lowest BCUT2D eigenvalue weighted by Gasteiger charge is -2.28. The maximum atomic E-state index is 11.4. The number of hydrogen-bond donors (Lipinski definition) is 0. The molecular weight excluding hydrogens is 314 g/mol. The summed E-state index contributed by atoms with van der Waals surface area (Å²) in [5.41, 5.74) is 3.87. The highest BCUT2D eigenvalue weighted by Gasteiger charge is 2.24. The minimum atomic E-state index is -0.0964. The van der Waals surface area contributed by atoms with Gasteiger partial charge in [0.15, 0.2) is 6.29 Å². The maximum Gasteiger partial charge on any atom is 0.305 e. The van der Waals surface area contributed by atoms with Crippen LogP contribution in [0.25, 0.3) is 11.3 Å². The number of pyridine rings is 1. The van der Waals surface area contributed by atoms with Crippen molar-refractivity contribution in [2.45, 2.75) is 38.0 Å². The minimum Gasteiger partial charge on any atom is -0.469 e. The van der Waals surface area contributed by atoms with Crippen molar-refractivity contribution in [3.63, 3.8) is 0 Å². The van der Waals surface area contributed by atoms with Crippen molar-refractivity contribution in [3.8, 4) is 11.3 Å². The van der Waals surface area contributed by atoms with E-state index in [2.05, 4.69) is 29.2 Å². The Morgan fingerprint density at radius 3 is 2.40 bits per heavy atom. The van der Waals surface area contributed by atoms with E-state index in [0.29, 0.717) is 23.8 Å². The Labute approximate surface area is 148 Å². The first-order chi connectivity index (χ1) is 12.2. The quantitative estimate of drug-likeness (QED) is 0.599. The van der Waals surface area contributed by atoms with Gasteiger partial charge in [0.1, 0.15) is 0 Å². The van der Waals surface area contributed by atoms with Crippen molar-refractivity contribution in [2.24, 2.45) is 5.92 Å². The molecule has 4 heteroatoms. The number of benzene rings is 1. The molecular formula is C21H23NO3. The number of ether oxygens (including phenoxy) is 1. The van der Waals surface area contributed by atoms with Crippen molar-refractivity contribution >= 4 is 12.3 Å². The number of hydrogen-bond acceptors (Lipinski definition) is 4. The van der Waals surface area contributed by atoms with Gasteiger partial charge in [-0.2, -0.15) is 0 Å². The number of esters is 1. The van der Waals surface area contributed by atoms with E-state index in [1.165, 1.54) is 12.7 Å². The number of methoxy groups -OCH3 is 1. The van der Waals surface area contributed by atoms with Crippen LogP contribution in [0.1, 0.15) is 53.9 Å². The van der Waals surface area contributed by atoms with E-state index in [0.717, 1.165) is 43.2 Å². The largest absolute Gasteiger partial charge is 0.469 e. The zero-order valence-electron chi connectivity index (χ0n) is 14.5. The Kier molecular flexibility index (Phi) is 5.59. The maximum absolute atomic E-state index is 11.4. The minimum absolute atomic E-state index is 0.0964. The molecule has 0 unspecified atom stereocenters. The van der Waals surface area contributed by atoms with Crippen LogP contribution >= 0.6 is 0 Å². The Balaban J connectivity index is 1.61. The van der Waals surface area contributed by atoms with Gasteiger partial charge in [0.25, 0.3) is 0 Å². The lowest BCUT2D eigenvalue weighted by Crippen LogP contribution is -2.17. The molecule has 3 rings (SSSR count). The lowest BCUT2D eigenvalue weighted by molar-refractivity contribution is -0.142. The fraction of sp³-hybridized carbons (Fsp3) is 0.381. The summed E-state index contributed by atoms with van der Waals surface area (Å²) in [6.45, 7) is 0. The molecule has 0 saturated heterocycles. The van der Waals surface area contributed by atoms with Crippen LogP contribution in [0.15, 0.2) is 42.6 Å². The highest BCUT2D eigenvalue weighted by molar-refractivity contribution is 5.75. The molecule has 0 amide bonds. The molecule has 1 aromatic carbocycles. The van der Waals surface area contributed by atoms with Gasteiger partial charge in [0.05, 0.1) is 12.8 Å². The van der Waals surface area contributed by atoms with Gasteiger partial charge in [-0.3, -0.25) is 14.6 Å². The summed E-state index contributed by atoms with van der Waals surface area (Å²) in [4.78, 5) is 26.4. The first kappa shape index (κ1) is 17.3. The zero-order valence-corrected chi connectivity index (χ0v) is 14.5. The second kappa shape index (κ2) is 8.06. The van der Waals surface area contributed by atoms with Crippen LogP contribution in [0.4, 0.5) is 0 Å². The van der Waals surface area contributed by atoms with Crippen LogP contribution in [0.3, 0.4) is 0 Å². The topological polar surface area (TPSA) is 56.3 Å². The summed E-state index contributed by atoms with van der Waals surface area (Å²) in [6, 6.07) is 12.2. The van der Waals surface area contributed by atoms with Crippen LogP contribution in [-0.2, 0) is 9.53 Å². The van der Waals surface area contributed by atoms with E-state index in [4.69, 9.17) is 4.74 Å². The van der Waals surface area contributed by atoms with Crippen LogP contribution in [0.2, 0.25) is 0 Å². The Hall–Kier alpha value is -2.49. The molecule has 1 fully saturated rings. The monoisotopic (exact) mass is 337 g/mol. The number of nitrogens with zero attached hydrogens (tertiary/aromatic N) is 1. The second-order valence-electron chi connectivity index (χ2n) is 6.71. The Bertz CT molecular complexity index is 714. The molecule has 25 heavy (non-hydrogen) atoms. The Morgan fingerprint density at radius 2 is 1.84 bits per heavy atom. The summed E-state index contributed by atoms with van der Waals surface area (Å²) < 4.78 is 4.77. The Morgan fingerprint density at radius 1 is 1.12 bits per heavy atom. The van der Waals surface area contributed by atoms with E-state index >= 15 is 0 Å². The standard InChI is InChI=1S/C21H23NO3/c1-25-21(24)12-15-2-5-17(6-3-15)18-7-9-19(10-8-18)20-11-4-16(14-23)13-22-20/h4,7-11,13-15,17H,2-3,5-6,12H2,1H3/t15-,17-. The van der Waals surface area contributed by atoms with Gasteiger partial charge in [-0.05, 0) is 55.2 Å². The van der Waals surface area contributed by atoms with Crippen molar-refractivity contribution in [2.75, 3.05) is 7.11 Å². The number of aromatic nitrogens is 1. The predicted molar refractivity (Wildman–Crippen MR) is 96.4 cm³/mol. The molecule has 2 aromatic rings. The predicted octanol–water partition coefficient (Wildman–Crippen LogP) is 4.40. The highest BCUT2D eigenvalue weighted by Crippen LogP contribution is 2.37. The molecule has 130 valence electrons. The average molecular weight is 337 g/mol. The fourth-order valence-electron chi connectivity index (χ4n) is 3.59. The van der Waals surface area contributed by atoms with Crippen LogP contribution < -0.4 is 0 Å². The fourth-order valence-corrected chi connectivity index (χ4v) is 3.59. The molecule has 1 saturated carbocycles. The zero-order chi connectivity index (χ0) is 17.6. The molecule has 0 aliphatic heterocycles. The lowest BCUT2D eigenvalue weighted by atomic mass is 9.77. The van der Waals surface area contributed by atoms with E-state index < -0.39 is 0 Å². The third-order valence-corrected chi connectivity index (χ3v) is 5.13. The van der Waals surface area contributed by atoms with E-state index in [1.807, 2.05) is 6.07 Å². The van der Waals surface area contributed by atoms with Crippen LogP contribution in [0, 0.1) is 5.92 Å². The first-order valence-electron chi connectivity index (χ1n) is 8.78. The van der Waals surface area contributed by atoms with Crippen molar-refractivity contribution in [3.05, 3.63) is 53.7 Å². The first-order valence-corrected chi connectivity index (χ1v) is 8.78. The van der Waals surface area contributed by atoms with Gasteiger partial charge in [-0.15, -0.1) is 0 Å². The van der Waals surface area contributed by atoms with E-state index in [1.54, 1.807) is 12.3 Å². The number of carbonyl (C=O) groups is 2. The summed E-state index contributed by atoms with van der Waals surface area (Å²) in [7, 11) is 1.46. The van der Waals surface area contributed by atoms with Gasteiger partial charge < -0.3 is 4.74 Å². The highest BCUT2D eigenvalue weighted by atomic mass is 16.5. The molecule has 0 spiro atoms. The second-order valence-corrected chi connectivity index (χ2v) is 6.71. The van der Waals surface area contributed by atoms with Crippen molar-refractivity contribution in [1.82, 2.24) is 4.98 Å². The molecule has 1 aromatic heterocycles. The molecule has 4 nitrogen and oxygen atoms in total. The van der Waals surface area contributed by atoms with Crippen LogP contribution in [0.5, 0.6) is 0 Å². The normalized spacial score (nSPS) is 20.0. The number of rotatable bonds is 5. The third-order valence-electron chi connectivity index (χ3n) is 5.13. The van der Waals surface area contributed by atoms with Gasteiger partial charge in [-0.25, -0.2) is 0 Å². The number of aldehydes is 1. The third kappa shape index (κ3) is 4.32. The van der Waals surface area contributed by atoms with Gasteiger partial charge in [0.2, 0.25) is 0 Å². The molecule has 0 bridgehead atoms. The van der Waals surface area contributed by atoms with E-state index in [9.17, 15) is 9.59 Å². The smallest absolute Gasteiger partial charge is 0.305 e. The summed E-state index contributed by atoms with van der Waals surface area (Å²) in [5, 5.41) is 0. The molecule has 1 heterocycles. The van der Waals surface area contributed by atoms with Crippen molar-refractivity contribution in [1.29, 1.82) is 0 Å². The summed E-state index contributed by atoms with van der Waals surface area (Å²) in [6.07, 6.45) is 7.34. The summed E-state index contributed by atoms with van der Waals surface area (Å²) in [5.74, 6) is 0.928. The molecule has 0 N–H and O–H groups in total. The van der Waals surface area contributed by atoms with Crippen LogP contribution in [-0.4, -0.2) is 24.3 Å². The van der Waals surface area contributed by atoms with Gasteiger partial charge in [0, 0.05) is 23.7 Å². The van der Waals surface area contributed by atoms with Crippen molar-refractivity contribution < 1.29 is 14.3 Å². The molecule has 0 atom stereocenters.